The van der Waals surface area contributed by atoms with Gasteiger partial charge in [-0.2, -0.15) is 5.26 Å². The highest BCUT2D eigenvalue weighted by atomic mass is 35.5. The number of allylic oxidation sites excluding steroid dienone is 1. The summed E-state index contributed by atoms with van der Waals surface area (Å²) in [5.41, 5.74) is 7.53. The van der Waals surface area contributed by atoms with Crippen LogP contribution in [0.4, 0.5) is 0 Å². The summed E-state index contributed by atoms with van der Waals surface area (Å²) in [5.74, 6) is 0.514. The minimum absolute atomic E-state index is 0.0580. The number of carbonyl (C=O) groups excluding carboxylic acids is 1. The highest BCUT2D eigenvalue weighted by Gasteiger charge is 2.32. The van der Waals surface area contributed by atoms with Gasteiger partial charge in [-0.1, -0.05) is 35.3 Å². The van der Waals surface area contributed by atoms with Gasteiger partial charge in [-0.3, -0.25) is 0 Å². The average Bonchev–Trinajstić information content (AvgIpc) is 2.82. The number of nitriles is 1. The molecule has 9 heteroatoms. The minimum atomic E-state index is -0.606. The lowest BCUT2D eigenvalue weighted by Crippen LogP contribution is -2.22. The van der Waals surface area contributed by atoms with Crippen molar-refractivity contribution in [1.82, 2.24) is 0 Å². The fourth-order valence-electron chi connectivity index (χ4n) is 3.53. The van der Waals surface area contributed by atoms with E-state index in [1.165, 1.54) is 6.07 Å². The minimum Gasteiger partial charge on any atom is -0.497 e. The Morgan fingerprint density at radius 1 is 1.03 bits per heavy atom. The number of nitrogens with zero attached hydrogens (tertiary/aromatic N) is 1. The van der Waals surface area contributed by atoms with Crippen molar-refractivity contribution in [2.24, 2.45) is 5.73 Å². The Labute approximate surface area is 205 Å². The fraction of sp³-hybridized carbons (Fsp3) is 0.120. The molecule has 1 aliphatic heterocycles. The van der Waals surface area contributed by atoms with Gasteiger partial charge in [0, 0.05) is 21.7 Å². The number of fused-ring (bicyclic) bond motifs is 1. The molecule has 1 heterocycles. The zero-order valence-electron chi connectivity index (χ0n) is 17.9. The fourth-order valence-corrected chi connectivity index (χ4v) is 4.05. The van der Waals surface area contributed by atoms with E-state index in [1.807, 2.05) is 0 Å². The molecular weight excluding hydrogens is 479 g/mol. The summed E-state index contributed by atoms with van der Waals surface area (Å²) in [6.45, 7) is -0.298. The molecule has 1 unspecified atom stereocenters. The van der Waals surface area contributed by atoms with Gasteiger partial charge in [0.1, 0.15) is 34.6 Å². The number of hydrogen-bond donors (Lipinski definition) is 1. The Hall–Kier alpha value is -3.86. The molecular formula is C25H18Cl2N2O5. The Kier molecular flexibility index (Phi) is 6.82. The molecule has 0 saturated heterocycles. The molecule has 0 saturated carbocycles. The second-order valence-corrected chi connectivity index (χ2v) is 8.07. The lowest BCUT2D eigenvalue weighted by molar-refractivity contribution is -0.136. The van der Waals surface area contributed by atoms with E-state index in [-0.39, 0.29) is 23.8 Å². The Bertz CT molecular complexity index is 1320. The molecule has 34 heavy (non-hydrogen) atoms. The maximum atomic E-state index is 12.3. The van der Waals surface area contributed by atoms with Crippen molar-refractivity contribution < 1.29 is 23.7 Å². The van der Waals surface area contributed by atoms with Crippen LogP contribution in [-0.4, -0.2) is 19.7 Å². The lowest BCUT2D eigenvalue weighted by Gasteiger charge is -2.27. The van der Waals surface area contributed by atoms with Crippen molar-refractivity contribution in [2.75, 3.05) is 13.7 Å². The van der Waals surface area contributed by atoms with E-state index in [4.69, 9.17) is 47.9 Å². The molecule has 0 fully saturated rings. The molecule has 1 atom stereocenters. The third-order valence-corrected chi connectivity index (χ3v) is 5.67. The third kappa shape index (κ3) is 4.88. The highest BCUT2D eigenvalue weighted by molar-refractivity contribution is 6.35. The van der Waals surface area contributed by atoms with Crippen LogP contribution in [0.2, 0.25) is 10.0 Å². The van der Waals surface area contributed by atoms with Gasteiger partial charge in [-0.15, -0.1) is 0 Å². The standard InChI is InChI=1S/C25H18Cl2N2O5/c1-31-15-3-5-16(6-4-15)32-13-23(30)33-17-7-9-19-22(11-17)34-25(29)20(12-28)24(19)18-8-2-14(26)10-21(18)27/h2-11,24H,13,29H2,1H3. The summed E-state index contributed by atoms with van der Waals surface area (Å²) in [4.78, 5) is 12.3. The van der Waals surface area contributed by atoms with Gasteiger partial charge in [0.05, 0.1) is 13.0 Å². The van der Waals surface area contributed by atoms with Crippen LogP contribution < -0.4 is 24.7 Å². The van der Waals surface area contributed by atoms with Crippen molar-refractivity contribution in [3.8, 4) is 29.1 Å². The smallest absolute Gasteiger partial charge is 0.349 e. The van der Waals surface area contributed by atoms with Crippen LogP contribution in [0, 0.1) is 11.3 Å². The van der Waals surface area contributed by atoms with Crippen LogP contribution in [0.25, 0.3) is 0 Å². The van der Waals surface area contributed by atoms with Gasteiger partial charge < -0.3 is 24.7 Å². The van der Waals surface area contributed by atoms with E-state index >= 15 is 0 Å². The van der Waals surface area contributed by atoms with Gasteiger partial charge in [0.2, 0.25) is 5.88 Å². The van der Waals surface area contributed by atoms with Crippen LogP contribution in [0.1, 0.15) is 17.0 Å². The number of nitrogens with two attached hydrogens (primary N) is 1. The van der Waals surface area contributed by atoms with E-state index in [0.717, 1.165) is 0 Å². The van der Waals surface area contributed by atoms with Crippen LogP contribution in [-0.2, 0) is 4.79 Å². The van der Waals surface area contributed by atoms with Crippen LogP contribution in [0.3, 0.4) is 0 Å². The summed E-state index contributed by atoms with van der Waals surface area (Å²) in [6.07, 6.45) is 0. The van der Waals surface area contributed by atoms with Crippen LogP contribution in [0.15, 0.2) is 72.1 Å². The molecule has 0 amide bonds. The second kappa shape index (κ2) is 9.96. The number of rotatable bonds is 6. The van der Waals surface area contributed by atoms with Crippen molar-refractivity contribution in [3.63, 3.8) is 0 Å². The molecule has 0 radical (unpaired) electrons. The Morgan fingerprint density at radius 3 is 2.38 bits per heavy atom. The predicted octanol–water partition coefficient (Wildman–Crippen LogP) is 5.20. The zero-order valence-corrected chi connectivity index (χ0v) is 19.4. The second-order valence-electron chi connectivity index (χ2n) is 7.23. The number of methoxy groups -OCH3 is 1. The van der Waals surface area contributed by atoms with Crippen LogP contribution >= 0.6 is 23.2 Å². The summed E-state index contributed by atoms with van der Waals surface area (Å²) in [5, 5.41) is 10.5. The summed E-state index contributed by atoms with van der Waals surface area (Å²) in [7, 11) is 1.56. The molecule has 0 aromatic heterocycles. The number of carbonyl (C=O) groups is 1. The maximum absolute atomic E-state index is 12.3. The first-order valence-corrected chi connectivity index (χ1v) is 10.8. The average molecular weight is 497 g/mol. The van der Waals surface area contributed by atoms with Crippen molar-refractivity contribution in [2.45, 2.75) is 5.92 Å². The first-order valence-electron chi connectivity index (χ1n) is 10.0. The van der Waals surface area contributed by atoms with Gasteiger partial charge in [0.25, 0.3) is 0 Å². The molecule has 3 aromatic carbocycles. The first kappa shape index (κ1) is 23.3. The predicted molar refractivity (Wildman–Crippen MR) is 126 cm³/mol. The lowest BCUT2D eigenvalue weighted by atomic mass is 9.83. The molecule has 7 nitrogen and oxygen atoms in total. The summed E-state index contributed by atoms with van der Waals surface area (Å²) >= 11 is 12.4. The van der Waals surface area contributed by atoms with Crippen molar-refractivity contribution in [1.29, 1.82) is 5.26 Å². The molecule has 0 bridgehead atoms. The van der Waals surface area contributed by atoms with Gasteiger partial charge >= 0.3 is 5.97 Å². The van der Waals surface area contributed by atoms with E-state index in [1.54, 1.807) is 61.7 Å². The number of hydrogen-bond acceptors (Lipinski definition) is 7. The SMILES string of the molecule is COc1ccc(OCC(=O)Oc2ccc3c(c2)OC(N)=C(C#N)C3c2ccc(Cl)cc2Cl)cc1. The monoisotopic (exact) mass is 496 g/mol. The molecule has 0 spiro atoms. The maximum Gasteiger partial charge on any atom is 0.349 e. The molecule has 172 valence electrons. The number of halogens is 2. The first-order chi connectivity index (χ1) is 16.4. The topological polar surface area (TPSA) is 104 Å². The zero-order chi connectivity index (χ0) is 24.2. The van der Waals surface area contributed by atoms with Crippen LogP contribution in [0.5, 0.6) is 23.0 Å². The molecule has 4 rings (SSSR count). The number of esters is 1. The molecule has 0 aliphatic carbocycles. The molecule has 2 N–H and O–H groups in total. The Balaban J connectivity index is 1.54. The number of benzene rings is 3. The summed E-state index contributed by atoms with van der Waals surface area (Å²) in [6, 6.07) is 18.7. The van der Waals surface area contributed by atoms with E-state index in [2.05, 4.69) is 6.07 Å². The Morgan fingerprint density at radius 2 is 1.71 bits per heavy atom. The van der Waals surface area contributed by atoms with Crippen molar-refractivity contribution in [3.05, 3.63) is 93.3 Å². The summed E-state index contributed by atoms with van der Waals surface area (Å²) < 4.78 is 21.6. The van der Waals surface area contributed by atoms with Gasteiger partial charge in [0.15, 0.2) is 6.61 Å². The van der Waals surface area contributed by atoms with E-state index in [9.17, 15) is 10.1 Å². The quantitative estimate of drug-likeness (QED) is 0.369. The molecule has 1 aliphatic rings. The third-order valence-electron chi connectivity index (χ3n) is 5.11. The number of ether oxygens (including phenoxy) is 4. The van der Waals surface area contributed by atoms with Gasteiger partial charge in [-0.25, -0.2) is 4.79 Å². The van der Waals surface area contributed by atoms with Gasteiger partial charge in [-0.05, 0) is 48.0 Å². The molecule has 3 aromatic rings. The van der Waals surface area contributed by atoms with Crippen molar-refractivity contribution >= 4 is 29.2 Å². The highest BCUT2D eigenvalue weighted by Crippen LogP contribution is 2.45. The largest absolute Gasteiger partial charge is 0.497 e. The van der Waals surface area contributed by atoms with E-state index in [0.29, 0.717) is 38.4 Å². The normalized spacial score (nSPS) is 14.5. The van der Waals surface area contributed by atoms with E-state index < -0.39 is 11.9 Å².